The maximum Gasteiger partial charge on any atom is 0.228 e. The van der Waals surface area contributed by atoms with Crippen LogP contribution >= 0.6 is 0 Å². The van der Waals surface area contributed by atoms with Crippen LogP contribution in [0.3, 0.4) is 0 Å². The number of piperazine rings is 1. The highest BCUT2D eigenvalue weighted by atomic mass is 16.2. The van der Waals surface area contributed by atoms with Gasteiger partial charge in [-0.25, -0.2) is 0 Å². The van der Waals surface area contributed by atoms with Crippen LogP contribution in [0.5, 0.6) is 0 Å². The summed E-state index contributed by atoms with van der Waals surface area (Å²) in [7, 11) is 0. The van der Waals surface area contributed by atoms with E-state index < -0.39 is 0 Å². The average molecular weight is 293 g/mol. The first-order chi connectivity index (χ1) is 10.1. The number of nitrogens with one attached hydrogen (secondary N) is 1. The van der Waals surface area contributed by atoms with Gasteiger partial charge < -0.3 is 10.2 Å². The summed E-state index contributed by atoms with van der Waals surface area (Å²) in [5, 5.41) is 3.47. The lowest BCUT2D eigenvalue weighted by atomic mass is 9.73. The topological polar surface area (TPSA) is 35.6 Å². The lowest BCUT2D eigenvalue weighted by Crippen LogP contribution is -2.59. The van der Waals surface area contributed by atoms with E-state index in [-0.39, 0.29) is 5.41 Å². The Kier molecular flexibility index (Phi) is 4.55. The summed E-state index contributed by atoms with van der Waals surface area (Å²) in [6.07, 6.45) is 6.34. The quantitative estimate of drug-likeness (QED) is 0.842. The Balaban J connectivity index is 1.63. The predicted molar refractivity (Wildman–Crippen MR) is 85.2 cm³/mol. The SMILES string of the molecule is CC(C)(C(=O)N1CCN2CCCCC2C1)C1CCCNC1. The first-order valence-corrected chi connectivity index (χ1v) is 8.83. The van der Waals surface area contributed by atoms with Gasteiger partial charge in [0.1, 0.15) is 0 Å². The fraction of sp³-hybridized carbons (Fsp3) is 0.941. The highest BCUT2D eigenvalue weighted by molar-refractivity contribution is 5.82. The summed E-state index contributed by atoms with van der Waals surface area (Å²) >= 11 is 0. The molecule has 2 atom stereocenters. The summed E-state index contributed by atoms with van der Waals surface area (Å²) in [5.41, 5.74) is -0.218. The third-order valence-electron chi connectivity index (χ3n) is 5.99. The summed E-state index contributed by atoms with van der Waals surface area (Å²) in [6, 6.07) is 0.622. The van der Waals surface area contributed by atoms with E-state index in [1.165, 1.54) is 38.6 Å². The zero-order valence-electron chi connectivity index (χ0n) is 13.7. The van der Waals surface area contributed by atoms with Crippen LogP contribution in [-0.4, -0.2) is 61.0 Å². The number of piperidine rings is 2. The van der Waals surface area contributed by atoms with Crippen molar-refractivity contribution >= 4 is 5.91 Å². The zero-order valence-corrected chi connectivity index (χ0v) is 13.7. The van der Waals surface area contributed by atoms with Gasteiger partial charge in [-0.05, 0) is 51.2 Å². The third kappa shape index (κ3) is 3.11. The van der Waals surface area contributed by atoms with Crippen molar-refractivity contribution in [1.29, 1.82) is 0 Å². The van der Waals surface area contributed by atoms with Gasteiger partial charge in [0.05, 0.1) is 0 Å². The van der Waals surface area contributed by atoms with Gasteiger partial charge >= 0.3 is 0 Å². The molecule has 0 aromatic rings. The molecule has 0 saturated carbocycles. The molecule has 0 spiro atoms. The maximum absolute atomic E-state index is 13.1. The van der Waals surface area contributed by atoms with Crippen LogP contribution in [0.25, 0.3) is 0 Å². The lowest BCUT2D eigenvalue weighted by Gasteiger charge is -2.47. The Bertz CT molecular complexity index is 376. The van der Waals surface area contributed by atoms with Crippen LogP contribution in [0.4, 0.5) is 0 Å². The number of rotatable bonds is 2. The van der Waals surface area contributed by atoms with Crippen molar-refractivity contribution in [2.75, 3.05) is 39.3 Å². The average Bonchev–Trinajstić information content (AvgIpc) is 2.54. The first-order valence-electron chi connectivity index (χ1n) is 8.83. The van der Waals surface area contributed by atoms with Gasteiger partial charge in [-0.1, -0.05) is 20.3 Å². The highest BCUT2D eigenvalue weighted by Crippen LogP contribution is 2.34. The summed E-state index contributed by atoms with van der Waals surface area (Å²) in [5.74, 6) is 0.879. The van der Waals surface area contributed by atoms with Crippen molar-refractivity contribution in [1.82, 2.24) is 15.1 Å². The molecule has 0 aromatic heterocycles. The number of hydrogen-bond acceptors (Lipinski definition) is 3. The summed E-state index contributed by atoms with van der Waals surface area (Å²) in [6.45, 7) is 10.7. The molecule has 0 bridgehead atoms. The van der Waals surface area contributed by atoms with Gasteiger partial charge in [0.15, 0.2) is 0 Å². The Morgan fingerprint density at radius 2 is 1.95 bits per heavy atom. The second-order valence-corrected chi connectivity index (χ2v) is 7.70. The van der Waals surface area contributed by atoms with E-state index in [9.17, 15) is 4.79 Å². The molecule has 3 aliphatic rings. The Morgan fingerprint density at radius 1 is 1.10 bits per heavy atom. The van der Waals surface area contributed by atoms with E-state index in [4.69, 9.17) is 0 Å². The fourth-order valence-electron chi connectivity index (χ4n) is 4.39. The first kappa shape index (κ1) is 15.3. The number of hydrogen-bond donors (Lipinski definition) is 1. The predicted octanol–water partition coefficient (Wildman–Crippen LogP) is 1.71. The van der Waals surface area contributed by atoms with Gasteiger partial charge in [-0.15, -0.1) is 0 Å². The van der Waals surface area contributed by atoms with E-state index in [1.54, 1.807) is 0 Å². The van der Waals surface area contributed by atoms with Gasteiger partial charge in [-0.2, -0.15) is 0 Å². The van der Waals surface area contributed by atoms with Crippen molar-refractivity contribution < 1.29 is 4.79 Å². The van der Waals surface area contributed by atoms with Crippen LogP contribution in [0.15, 0.2) is 0 Å². The maximum atomic E-state index is 13.1. The van der Waals surface area contributed by atoms with E-state index >= 15 is 0 Å². The molecule has 3 saturated heterocycles. The van der Waals surface area contributed by atoms with E-state index in [0.717, 1.165) is 32.7 Å². The van der Waals surface area contributed by atoms with Crippen LogP contribution in [0, 0.1) is 11.3 Å². The summed E-state index contributed by atoms with van der Waals surface area (Å²) in [4.78, 5) is 17.8. The largest absolute Gasteiger partial charge is 0.339 e. The molecule has 21 heavy (non-hydrogen) atoms. The Morgan fingerprint density at radius 3 is 2.71 bits per heavy atom. The Hall–Kier alpha value is -0.610. The number of nitrogens with zero attached hydrogens (tertiary/aromatic N) is 2. The lowest BCUT2D eigenvalue weighted by molar-refractivity contribution is -0.147. The molecule has 120 valence electrons. The van der Waals surface area contributed by atoms with Crippen molar-refractivity contribution in [2.45, 2.75) is 52.0 Å². The van der Waals surface area contributed by atoms with Crippen LogP contribution < -0.4 is 5.32 Å². The molecule has 3 fully saturated rings. The molecule has 1 amide bonds. The number of fused-ring (bicyclic) bond motifs is 1. The minimum absolute atomic E-state index is 0.218. The molecule has 4 nitrogen and oxygen atoms in total. The van der Waals surface area contributed by atoms with Gasteiger partial charge in [0.2, 0.25) is 5.91 Å². The minimum Gasteiger partial charge on any atom is -0.339 e. The number of amides is 1. The van der Waals surface area contributed by atoms with Gasteiger partial charge in [0, 0.05) is 31.1 Å². The van der Waals surface area contributed by atoms with Crippen LogP contribution in [0.1, 0.15) is 46.0 Å². The third-order valence-corrected chi connectivity index (χ3v) is 5.99. The standard InChI is InChI=1S/C17H31N3O/c1-17(2,14-6-5-8-18-12-14)16(21)20-11-10-19-9-4-3-7-15(19)13-20/h14-15,18H,3-13H2,1-2H3. The number of carbonyl (C=O) groups is 1. The van der Waals surface area contributed by atoms with E-state index in [1.807, 2.05) is 0 Å². The molecule has 3 aliphatic heterocycles. The highest BCUT2D eigenvalue weighted by Gasteiger charge is 2.42. The van der Waals surface area contributed by atoms with Crippen molar-refractivity contribution in [3.05, 3.63) is 0 Å². The molecule has 2 unspecified atom stereocenters. The normalized spacial score (nSPS) is 31.8. The number of carbonyl (C=O) groups excluding carboxylic acids is 1. The van der Waals surface area contributed by atoms with Crippen molar-refractivity contribution in [3.63, 3.8) is 0 Å². The van der Waals surface area contributed by atoms with Crippen molar-refractivity contribution in [3.8, 4) is 0 Å². The molecule has 1 N–H and O–H groups in total. The summed E-state index contributed by atoms with van der Waals surface area (Å²) < 4.78 is 0. The van der Waals surface area contributed by atoms with Crippen LogP contribution in [-0.2, 0) is 4.79 Å². The molecular formula is C17H31N3O. The smallest absolute Gasteiger partial charge is 0.228 e. The second-order valence-electron chi connectivity index (χ2n) is 7.70. The molecule has 0 aliphatic carbocycles. The molecular weight excluding hydrogens is 262 g/mol. The Labute approximate surface area is 129 Å². The molecule has 3 rings (SSSR count). The monoisotopic (exact) mass is 293 g/mol. The van der Waals surface area contributed by atoms with Crippen LogP contribution in [0.2, 0.25) is 0 Å². The molecule has 3 heterocycles. The molecule has 0 aromatic carbocycles. The van der Waals surface area contributed by atoms with Gasteiger partial charge in [0.25, 0.3) is 0 Å². The second kappa shape index (κ2) is 6.25. The van der Waals surface area contributed by atoms with Crippen molar-refractivity contribution in [2.24, 2.45) is 11.3 Å². The van der Waals surface area contributed by atoms with Gasteiger partial charge in [-0.3, -0.25) is 9.69 Å². The van der Waals surface area contributed by atoms with E-state index in [0.29, 0.717) is 17.9 Å². The van der Waals surface area contributed by atoms with E-state index in [2.05, 4.69) is 29.0 Å². The minimum atomic E-state index is -0.218. The molecule has 4 heteroatoms. The zero-order chi connectivity index (χ0) is 14.9. The fourth-order valence-corrected chi connectivity index (χ4v) is 4.39. The molecule has 0 radical (unpaired) electrons.